The molecular weight excluding hydrogens is 237 g/mol. The first-order chi connectivity index (χ1) is 7.90. The SMILES string of the molecule is CCc1cc(NC(=O)CNCC(F)(F)F)n[nH]1. The fourth-order valence-corrected chi connectivity index (χ4v) is 1.11. The van der Waals surface area contributed by atoms with Crippen molar-refractivity contribution in [3.63, 3.8) is 0 Å². The summed E-state index contributed by atoms with van der Waals surface area (Å²) in [5.74, 6) is -0.260. The van der Waals surface area contributed by atoms with Crippen LogP contribution in [0, 0.1) is 0 Å². The highest BCUT2D eigenvalue weighted by atomic mass is 19.4. The summed E-state index contributed by atoms with van der Waals surface area (Å²) in [6.45, 7) is 0.305. The molecule has 17 heavy (non-hydrogen) atoms. The van der Waals surface area contributed by atoms with Gasteiger partial charge in [-0.25, -0.2) is 0 Å². The van der Waals surface area contributed by atoms with Gasteiger partial charge in [-0.05, 0) is 6.42 Å². The average Bonchev–Trinajstić information content (AvgIpc) is 2.63. The number of amides is 1. The first-order valence-corrected chi connectivity index (χ1v) is 5.02. The van der Waals surface area contributed by atoms with Crippen molar-refractivity contribution in [2.45, 2.75) is 19.5 Å². The third-order valence-corrected chi connectivity index (χ3v) is 1.89. The van der Waals surface area contributed by atoms with Gasteiger partial charge in [0.2, 0.25) is 5.91 Å². The maximum Gasteiger partial charge on any atom is 0.401 e. The third-order valence-electron chi connectivity index (χ3n) is 1.89. The Morgan fingerprint density at radius 3 is 2.76 bits per heavy atom. The molecule has 1 amide bonds. The molecule has 0 unspecified atom stereocenters. The zero-order valence-corrected chi connectivity index (χ0v) is 9.19. The number of nitrogens with zero attached hydrogens (tertiary/aromatic N) is 1. The molecule has 0 aliphatic carbocycles. The van der Waals surface area contributed by atoms with Crippen LogP contribution in [-0.4, -0.2) is 35.4 Å². The fourth-order valence-electron chi connectivity index (χ4n) is 1.11. The number of aromatic nitrogens is 2. The van der Waals surface area contributed by atoms with Crippen LogP contribution in [0.5, 0.6) is 0 Å². The van der Waals surface area contributed by atoms with Crippen molar-refractivity contribution in [2.75, 3.05) is 18.4 Å². The number of aromatic amines is 1. The maximum atomic E-state index is 11.8. The number of H-pyrrole nitrogens is 1. The van der Waals surface area contributed by atoms with E-state index in [1.54, 1.807) is 6.07 Å². The van der Waals surface area contributed by atoms with Crippen molar-refractivity contribution in [2.24, 2.45) is 0 Å². The molecule has 3 N–H and O–H groups in total. The van der Waals surface area contributed by atoms with E-state index >= 15 is 0 Å². The normalized spacial score (nSPS) is 11.5. The highest BCUT2D eigenvalue weighted by Gasteiger charge is 2.26. The first-order valence-electron chi connectivity index (χ1n) is 5.02. The molecule has 0 spiro atoms. The van der Waals surface area contributed by atoms with Crippen LogP contribution in [0.1, 0.15) is 12.6 Å². The number of halogens is 3. The molecule has 1 aromatic rings. The molecule has 1 aromatic heterocycles. The molecule has 1 rings (SSSR count). The topological polar surface area (TPSA) is 69.8 Å². The minimum atomic E-state index is -4.32. The van der Waals surface area contributed by atoms with E-state index in [-0.39, 0.29) is 0 Å². The minimum absolute atomic E-state index is 0.306. The molecule has 5 nitrogen and oxygen atoms in total. The van der Waals surface area contributed by atoms with E-state index in [1.165, 1.54) is 0 Å². The summed E-state index contributed by atoms with van der Waals surface area (Å²) >= 11 is 0. The van der Waals surface area contributed by atoms with Gasteiger partial charge < -0.3 is 10.6 Å². The molecule has 1 heterocycles. The van der Waals surface area contributed by atoms with Gasteiger partial charge in [0, 0.05) is 11.8 Å². The highest BCUT2D eigenvalue weighted by molar-refractivity contribution is 5.91. The smallest absolute Gasteiger partial charge is 0.308 e. The maximum absolute atomic E-state index is 11.8. The van der Waals surface area contributed by atoms with Gasteiger partial charge >= 0.3 is 6.18 Å². The van der Waals surface area contributed by atoms with Crippen LogP contribution in [0.25, 0.3) is 0 Å². The molecular formula is C9H13F3N4O. The van der Waals surface area contributed by atoms with Crippen molar-refractivity contribution in [1.82, 2.24) is 15.5 Å². The standard InChI is InChI=1S/C9H13F3N4O/c1-2-6-3-7(16-15-6)14-8(17)4-13-5-9(10,11)12/h3,13H,2,4-5H2,1H3,(H2,14,15,16,17). The van der Waals surface area contributed by atoms with E-state index in [4.69, 9.17) is 0 Å². The van der Waals surface area contributed by atoms with Crippen LogP contribution < -0.4 is 10.6 Å². The van der Waals surface area contributed by atoms with E-state index in [2.05, 4.69) is 15.5 Å². The Morgan fingerprint density at radius 2 is 2.24 bits per heavy atom. The summed E-state index contributed by atoms with van der Waals surface area (Å²) in [7, 11) is 0. The molecule has 0 saturated carbocycles. The number of hydrogen-bond donors (Lipinski definition) is 3. The Balaban J connectivity index is 2.30. The lowest BCUT2D eigenvalue weighted by Crippen LogP contribution is -2.35. The summed E-state index contributed by atoms with van der Waals surface area (Å²) in [4.78, 5) is 11.2. The molecule has 0 radical (unpaired) electrons. The Kier molecular flexibility index (Phi) is 4.50. The number of carbonyl (C=O) groups excluding carboxylic acids is 1. The highest BCUT2D eigenvalue weighted by Crippen LogP contribution is 2.12. The van der Waals surface area contributed by atoms with Crippen LogP contribution >= 0.6 is 0 Å². The molecule has 8 heteroatoms. The number of aryl methyl sites for hydroxylation is 1. The molecule has 0 bridgehead atoms. The number of alkyl halides is 3. The van der Waals surface area contributed by atoms with Crippen molar-refractivity contribution in [3.05, 3.63) is 11.8 Å². The quantitative estimate of drug-likeness (QED) is 0.732. The summed E-state index contributed by atoms with van der Waals surface area (Å²) < 4.78 is 35.3. The van der Waals surface area contributed by atoms with Gasteiger partial charge in [-0.1, -0.05) is 6.92 Å². The van der Waals surface area contributed by atoms with Gasteiger partial charge in [0.1, 0.15) is 0 Å². The molecule has 0 aliphatic rings. The number of nitrogens with one attached hydrogen (secondary N) is 3. The van der Waals surface area contributed by atoms with Gasteiger partial charge in [0.25, 0.3) is 0 Å². The second kappa shape index (κ2) is 5.67. The van der Waals surface area contributed by atoms with Gasteiger partial charge in [-0.3, -0.25) is 9.89 Å². The van der Waals surface area contributed by atoms with Crippen LogP contribution in [0.3, 0.4) is 0 Å². The monoisotopic (exact) mass is 250 g/mol. The summed E-state index contributed by atoms with van der Waals surface area (Å²) in [6, 6.07) is 1.63. The second-order valence-corrected chi connectivity index (χ2v) is 3.40. The lowest BCUT2D eigenvalue weighted by atomic mass is 10.3. The minimum Gasteiger partial charge on any atom is -0.308 e. The van der Waals surface area contributed by atoms with E-state index in [0.717, 1.165) is 12.1 Å². The Bertz CT molecular complexity index is 375. The van der Waals surface area contributed by atoms with E-state index in [0.29, 0.717) is 5.82 Å². The number of carbonyl (C=O) groups is 1. The average molecular weight is 250 g/mol. The van der Waals surface area contributed by atoms with Gasteiger partial charge in [-0.2, -0.15) is 18.3 Å². The predicted octanol–water partition coefficient (Wildman–Crippen LogP) is 1.06. The molecule has 0 aliphatic heterocycles. The van der Waals surface area contributed by atoms with Crippen molar-refractivity contribution >= 4 is 11.7 Å². The van der Waals surface area contributed by atoms with Crippen LogP contribution in [0.4, 0.5) is 19.0 Å². The summed E-state index contributed by atoms with van der Waals surface area (Å²) in [6.07, 6.45) is -3.59. The summed E-state index contributed by atoms with van der Waals surface area (Å²) in [5, 5.41) is 10.8. The fraction of sp³-hybridized carbons (Fsp3) is 0.556. The van der Waals surface area contributed by atoms with Crippen LogP contribution in [-0.2, 0) is 11.2 Å². The number of anilines is 1. The van der Waals surface area contributed by atoms with Crippen LogP contribution in [0.2, 0.25) is 0 Å². The Hall–Kier alpha value is -1.57. The van der Waals surface area contributed by atoms with Crippen molar-refractivity contribution in [3.8, 4) is 0 Å². The lowest BCUT2D eigenvalue weighted by molar-refractivity contribution is -0.126. The third kappa shape index (κ3) is 5.34. The van der Waals surface area contributed by atoms with Crippen LogP contribution in [0.15, 0.2) is 6.07 Å². The molecule has 0 fully saturated rings. The van der Waals surface area contributed by atoms with Crippen molar-refractivity contribution in [1.29, 1.82) is 0 Å². The molecule has 0 aromatic carbocycles. The number of hydrogen-bond acceptors (Lipinski definition) is 3. The van der Waals surface area contributed by atoms with E-state index in [9.17, 15) is 18.0 Å². The number of rotatable bonds is 5. The zero-order chi connectivity index (χ0) is 12.9. The predicted molar refractivity (Wildman–Crippen MR) is 55.5 cm³/mol. The van der Waals surface area contributed by atoms with E-state index < -0.39 is 25.2 Å². The first kappa shape index (κ1) is 13.5. The van der Waals surface area contributed by atoms with Gasteiger partial charge in [0.05, 0.1) is 13.1 Å². The Morgan fingerprint density at radius 1 is 1.53 bits per heavy atom. The van der Waals surface area contributed by atoms with Gasteiger partial charge in [0.15, 0.2) is 5.82 Å². The lowest BCUT2D eigenvalue weighted by Gasteiger charge is -2.07. The van der Waals surface area contributed by atoms with Gasteiger partial charge in [-0.15, -0.1) is 0 Å². The summed E-state index contributed by atoms with van der Waals surface area (Å²) in [5.41, 5.74) is 0.837. The molecule has 0 atom stereocenters. The second-order valence-electron chi connectivity index (χ2n) is 3.40. The zero-order valence-electron chi connectivity index (χ0n) is 9.19. The largest absolute Gasteiger partial charge is 0.401 e. The van der Waals surface area contributed by atoms with E-state index in [1.807, 2.05) is 12.2 Å². The molecule has 0 saturated heterocycles. The Labute approximate surface area is 95.8 Å². The molecule has 96 valence electrons. The van der Waals surface area contributed by atoms with Crippen molar-refractivity contribution < 1.29 is 18.0 Å².